The molecule has 0 aromatic heterocycles. The van der Waals surface area contributed by atoms with Gasteiger partial charge in [0.1, 0.15) is 12.3 Å². The number of aryl methyl sites for hydroxylation is 1. The van der Waals surface area contributed by atoms with Crippen LogP contribution in [0.5, 0.6) is 5.75 Å². The van der Waals surface area contributed by atoms with Crippen molar-refractivity contribution in [1.82, 2.24) is 4.90 Å². The molecule has 30 heavy (non-hydrogen) atoms. The number of carbonyl (C=O) groups is 1. The molecule has 0 bridgehead atoms. The lowest BCUT2D eigenvalue weighted by Crippen LogP contribution is -2.45. The predicted molar refractivity (Wildman–Crippen MR) is 118 cm³/mol. The fourth-order valence-corrected chi connectivity index (χ4v) is 5.23. The first-order valence-corrected chi connectivity index (χ1v) is 11.8. The smallest absolute Gasteiger partial charge is 0.264 e. The van der Waals surface area contributed by atoms with Crippen LogP contribution in [-0.4, -0.2) is 46.0 Å². The van der Waals surface area contributed by atoms with Crippen LogP contribution in [-0.2, 0) is 14.8 Å². The molecule has 0 saturated heterocycles. The molecular formula is C23H30N2O4S. The summed E-state index contributed by atoms with van der Waals surface area (Å²) in [7, 11) is -0.619. The van der Waals surface area contributed by atoms with Crippen LogP contribution in [0.1, 0.15) is 37.7 Å². The van der Waals surface area contributed by atoms with Crippen molar-refractivity contribution in [3.8, 4) is 5.75 Å². The maximum absolute atomic E-state index is 13.5. The summed E-state index contributed by atoms with van der Waals surface area (Å²) in [6, 6.07) is 13.6. The van der Waals surface area contributed by atoms with Crippen LogP contribution in [0.25, 0.3) is 0 Å². The largest absolute Gasteiger partial charge is 0.497 e. The minimum Gasteiger partial charge on any atom is -0.497 e. The lowest BCUT2D eigenvalue weighted by molar-refractivity contribution is -0.130. The zero-order valence-electron chi connectivity index (χ0n) is 17.9. The SMILES string of the molecule is COc1cccc(N(CC(=O)N(C)C2CCCCC2)S(=O)(=O)c2ccc(C)cc2)c1. The van der Waals surface area contributed by atoms with Crippen LogP contribution in [0, 0.1) is 6.92 Å². The fraction of sp³-hybridized carbons (Fsp3) is 0.435. The molecule has 6 nitrogen and oxygen atoms in total. The van der Waals surface area contributed by atoms with Gasteiger partial charge in [-0.3, -0.25) is 9.10 Å². The van der Waals surface area contributed by atoms with E-state index in [4.69, 9.17) is 4.74 Å². The molecule has 2 aromatic carbocycles. The van der Waals surface area contributed by atoms with Gasteiger partial charge in [0.2, 0.25) is 5.91 Å². The molecule has 0 radical (unpaired) electrons. The molecule has 1 fully saturated rings. The molecule has 7 heteroatoms. The molecule has 0 N–H and O–H groups in total. The van der Waals surface area contributed by atoms with Crippen molar-refractivity contribution in [1.29, 1.82) is 0 Å². The molecule has 2 aromatic rings. The first-order chi connectivity index (χ1) is 14.3. The van der Waals surface area contributed by atoms with E-state index < -0.39 is 10.0 Å². The Labute approximate surface area is 179 Å². The van der Waals surface area contributed by atoms with E-state index in [0.29, 0.717) is 11.4 Å². The Morgan fingerprint density at radius 3 is 2.37 bits per heavy atom. The van der Waals surface area contributed by atoms with E-state index in [1.54, 1.807) is 60.5 Å². The van der Waals surface area contributed by atoms with Crippen LogP contribution >= 0.6 is 0 Å². The van der Waals surface area contributed by atoms with Crippen molar-refractivity contribution in [2.24, 2.45) is 0 Å². The summed E-state index contributed by atoms with van der Waals surface area (Å²) in [6.07, 6.45) is 5.32. The molecule has 0 atom stereocenters. The van der Waals surface area contributed by atoms with Gasteiger partial charge in [-0.25, -0.2) is 8.42 Å². The molecule has 1 aliphatic rings. The zero-order chi connectivity index (χ0) is 21.7. The summed E-state index contributed by atoms with van der Waals surface area (Å²) in [4.78, 5) is 15.0. The van der Waals surface area contributed by atoms with Crippen molar-refractivity contribution >= 4 is 21.6 Å². The third kappa shape index (κ3) is 4.95. The number of anilines is 1. The molecule has 0 unspecified atom stereocenters. The van der Waals surface area contributed by atoms with E-state index in [1.807, 2.05) is 6.92 Å². The number of methoxy groups -OCH3 is 1. The summed E-state index contributed by atoms with van der Waals surface area (Å²) >= 11 is 0. The van der Waals surface area contributed by atoms with Gasteiger partial charge in [-0.2, -0.15) is 0 Å². The molecule has 0 aliphatic heterocycles. The van der Waals surface area contributed by atoms with Crippen LogP contribution in [0.2, 0.25) is 0 Å². The molecular weight excluding hydrogens is 400 g/mol. The molecule has 162 valence electrons. The van der Waals surface area contributed by atoms with Crippen molar-refractivity contribution in [3.63, 3.8) is 0 Å². The number of carbonyl (C=O) groups excluding carboxylic acids is 1. The summed E-state index contributed by atoms with van der Waals surface area (Å²) in [5.41, 5.74) is 1.37. The van der Waals surface area contributed by atoms with E-state index in [1.165, 1.54) is 17.8 Å². The van der Waals surface area contributed by atoms with Crippen LogP contribution in [0.15, 0.2) is 53.4 Å². The average molecular weight is 431 g/mol. The monoisotopic (exact) mass is 430 g/mol. The number of hydrogen-bond donors (Lipinski definition) is 0. The Bertz CT molecular complexity index is 967. The van der Waals surface area contributed by atoms with Gasteiger partial charge in [0.25, 0.3) is 10.0 Å². The van der Waals surface area contributed by atoms with Gasteiger partial charge in [-0.15, -0.1) is 0 Å². The van der Waals surface area contributed by atoms with Crippen LogP contribution in [0.4, 0.5) is 5.69 Å². The highest BCUT2D eigenvalue weighted by atomic mass is 32.2. The number of likely N-dealkylation sites (N-methyl/N-ethyl adjacent to an activating group) is 1. The Kier molecular flexibility index (Phi) is 7.02. The fourth-order valence-electron chi connectivity index (χ4n) is 3.82. The summed E-state index contributed by atoms with van der Waals surface area (Å²) in [5, 5.41) is 0. The van der Waals surface area contributed by atoms with Gasteiger partial charge in [-0.05, 0) is 44.0 Å². The minimum absolute atomic E-state index is 0.157. The molecule has 0 spiro atoms. The third-order valence-corrected chi connectivity index (χ3v) is 7.53. The Hall–Kier alpha value is -2.54. The first-order valence-electron chi connectivity index (χ1n) is 10.3. The van der Waals surface area contributed by atoms with Crippen molar-refractivity contribution in [2.75, 3.05) is 25.0 Å². The maximum Gasteiger partial charge on any atom is 0.264 e. The topological polar surface area (TPSA) is 66.9 Å². The number of sulfonamides is 1. The van der Waals surface area contributed by atoms with Gasteiger partial charge in [0.15, 0.2) is 0 Å². The summed E-state index contributed by atoms with van der Waals surface area (Å²) < 4.78 is 33.4. The summed E-state index contributed by atoms with van der Waals surface area (Å²) in [6.45, 7) is 1.65. The highest BCUT2D eigenvalue weighted by Crippen LogP contribution is 2.28. The van der Waals surface area contributed by atoms with Gasteiger partial charge < -0.3 is 9.64 Å². The molecule has 1 saturated carbocycles. The van der Waals surface area contributed by atoms with Crippen molar-refractivity contribution < 1.29 is 17.9 Å². The first kappa shape index (κ1) is 22.2. The van der Waals surface area contributed by atoms with E-state index in [2.05, 4.69) is 0 Å². The third-order valence-electron chi connectivity index (χ3n) is 5.74. The lowest BCUT2D eigenvalue weighted by atomic mass is 9.94. The van der Waals surface area contributed by atoms with E-state index in [-0.39, 0.29) is 23.4 Å². The lowest BCUT2D eigenvalue weighted by Gasteiger charge is -2.33. The normalized spacial score (nSPS) is 14.9. The molecule has 3 rings (SSSR count). The second-order valence-corrected chi connectivity index (χ2v) is 9.69. The number of amides is 1. The molecule has 1 amide bonds. The van der Waals surface area contributed by atoms with E-state index in [0.717, 1.165) is 31.2 Å². The average Bonchev–Trinajstić information content (AvgIpc) is 2.77. The zero-order valence-corrected chi connectivity index (χ0v) is 18.7. The maximum atomic E-state index is 13.5. The number of hydrogen-bond acceptors (Lipinski definition) is 4. The quantitative estimate of drug-likeness (QED) is 0.666. The van der Waals surface area contributed by atoms with Gasteiger partial charge in [-0.1, -0.05) is 43.0 Å². The minimum atomic E-state index is -3.92. The highest BCUT2D eigenvalue weighted by Gasteiger charge is 2.30. The standard InChI is InChI=1S/C23H30N2O4S/c1-18-12-14-22(15-13-18)30(27,28)25(20-10-7-11-21(16-20)29-3)17-23(26)24(2)19-8-5-4-6-9-19/h7,10-16,19H,4-6,8-9,17H2,1-3H3. The van der Waals surface area contributed by atoms with Crippen LogP contribution in [0.3, 0.4) is 0 Å². The predicted octanol–water partition coefficient (Wildman–Crippen LogP) is 3.99. The van der Waals surface area contributed by atoms with Gasteiger partial charge in [0, 0.05) is 19.2 Å². The second kappa shape index (κ2) is 9.51. The van der Waals surface area contributed by atoms with Gasteiger partial charge >= 0.3 is 0 Å². The highest BCUT2D eigenvalue weighted by molar-refractivity contribution is 7.92. The number of rotatable bonds is 7. The van der Waals surface area contributed by atoms with E-state index >= 15 is 0 Å². The Balaban J connectivity index is 1.94. The second-order valence-electron chi connectivity index (χ2n) is 7.82. The van der Waals surface area contributed by atoms with E-state index in [9.17, 15) is 13.2 Å². The van der Waals surface area contributed by atoms with Crippen molar-refractivity contribution in [3.05, 3.63) is 54.1 Å². The number of nitrogens with zero attached hydrogens (tertiary/aromatic N) is 2. The van der Waals surface area contributed by atoms with Crippen molar-refractivity contribution in [2.45, 2.75) is 50.0 Å². The molecule has 0 heterocycles. The Morgan fingerprint density at radius 2 is 1.73 bits per heavy atom. The van der Waals surface area contributed by atoms with Gasteiger partial charge in [0.05, 0.1) is 17.7 Å². The van der Waals surface area contributed by atoms with Crippen LogP contribution < -0.4 is 9.04 Å². The number of benzene rings is 2. The molecule has 1 aliphatic carbocycles. The summed E-state index contributed by atoms with van der Waals surface area (Å²) in [5.74, 6) is 0.324. The Morgan fingerprint density at radius 1 is 1.07 bits per heavy atom. The number of ether oxygens (including phenoxy) is 1.